The fourth-order valence-corrected chi connectivity index (χ4v) is 3.93. The second-order valence-corrected chi connectivity index (χ2v) is 8.35. The maximum absolute atomic E-state index is 12.9. The van der Waals surface area contributed by atoms with Crippen molar-refractivity contribution >= 4 is 40.0 Å². The molecule has 0 spiro atoms. The summed E-state index contributed by atoms with van der Waals surface area (Å²) in [6.07, 6.45) is 2.40. The molecule has 33 heavy (non-hydrogen) atoms. The SMILES string of the molecule is COCCNC(=O)c1ccc(NC(=O)CCc2nc3ccccc3c(=O)n2C2CC2)cc1Cl. The Morgan fingerprint density at radius 1 is 1.21 bits per heavy atom. The average molecular weight is 469 g/mol. The first-order valence-corrected chi connectivity index (χ1v) is 11.2. The quantitative estimate of drug-likeness (QED) is 0.469. The van der Waals surface area contributed by atoms with Crippen molar-refractivity contribution in [2.75, 3.05) is 25.6 Å². The van der Waals surface area contributed by atoms with Gasteiger partial charge >= 0.3 is 0 Å². The molecule has 9 heteroatoms. The van der Waals surface area contributed by atoms with Crippen molar-refractivity contribution in [3.8, 4) is 0 Å². The minimum absolute atomic E-state index is 0.0512. The summed E-state index contributed by atoms with van der Waals surface area (Å²) in [5.74, 6) is 0.0842. The molecule has 1 saturated carbocycles. The Bertz CT molecular complexity index is 1250. The number of hydrogen-bond donors (Lipinski definition) is 2. The molecule has 8 nitrogen and oxygen atoms in total. The lowest BCUT2D eigenvalue weighted by atomic mass is 10.1. The minimum Gasteiger partial charge on any atom is -0.383 e. The van der Waals surface area contributed by atoms with Crippen LogP contribution >= 0.6 is 11.6 Å². The zero-order valence-corrected chi connectivity index (χ0v) is 19.0. The summed E-state index contributed by atoms with van der Waals surface area (Å²) in [4.78, 5) is 42.3. The van der Waals surface area contributed by atoms with Crippen LogP contribution in [0.3, 0.4) is 0 Å². The van der Waals surface area contributed by atoms with Crippen molar-refractivity contribution < 1.29 is 14.3 Å². The predicted octanol–water partition coefficient (Wildman–Crippen LogP) is 3.33. The van der Waals surface area contributed by atoms with E-state index >= 15 is 0 Å². The van der Waals surface area contributed by atoms with Gasteiger partial charge in [0.1, 0.15) is 5.82 Å². The van der Waals surface area contributed by atoms with E-state index in [1.54, 1.807) is 35.9 Å². The van der Waals surface area contributed by atoms with E-state index < -0.39 is 0 Å². The predicted molar refractivity (Wildman–Crippen MR) is 127 cm³/mol. The number of hydrogen-bond acceptors (Lipinski definition) is 5. The number of rotatable bonds is 9. The van der Waals surface area contributed by atoms with Crippen LogP contribution in [0.15, 0.2) is 47.3 Å². The van der Waals surface area contributed by atoms with E-state index in [4.69, 9.17) is 16.3 Å². The van der Waals surface area contributed by atoms with E-state index in [2.05, 4.69) is 15.6 Å². The first kappa shape index (κ1) is 22.9. The summed E-state index contributed by atoms with van der Waals surface area (Å²) >= 11 is 6.24. The number of carbonyl (C=O) groups excluding carboxylic acids is 2. The van der Waals surface area contributed by atoms with Crippen LogP contribution in [-0.2, 0) is 16.0 Å². The lowest BCUT2D eigenvalue weighted by molar-refractivity contribution is -0.116. The third-order valence-corrected chi connectivity index (χ3v) is 5.77. The van der Waals surface area contributed by atoms with Crippen molar-refractivity contribution in [1.82, 2.24) is 14.9 Å². The van der Waals surface area contributed by atoms with Gasteiger partial charge in [0.05, 0.1) is 28.1 Å². The molecule has 0 radical (unpaired) electrons. The van der Waals surface area contributed by atoms with Crippen molar-refractivity contribution in [3.05, 3.63) is 69.2 Å². The molecule has 0 unspecified atom stereocenters. The summed E-state index contributed by atoms with van der Waals surface area (Å²) in [6.45, 7) is 0.775. The van der Waals surface area contributed by atoms with Gasteiger partial charge in [-0.3, -0.25) is 19.0 Å². The van der Waals surface area contributed by atoms with Crippen LogP contribution in [0, 0.1) is 0 Å². The maximum Gasteiger partial charge on any atom is 0.261 e. The van der Waals surface area contributed by atoms with E-state index in [-0.39, 0.29) is 34.9 Å². The summed E-state index contributed by atoms with van der Waals surface area (Å²) in [5.41, 5.74) is 1.40. The number of halogens is 1. The Labute approximate surface area is 195 Å². The topological polar surface area (TPSA) is 102 Å². The van der Waals surface area contributed by atoms with Gasteiger partial charge in [-0.25, -0.2) is 4.98 Å². The molecule has 2 aromatic carbocycles. The molecule has 3 aromatic rings. The number of anilines is 1. The van der Waals surface area contributed by atoms with Gasteiger partial charge < -0.3 is 15.4 Å². The molecular weight excluding hydrogens is 444 g/mol. The van der Waals surface area contributed by atoms with Crippen LogP contribution < -0.4 is 16.2 Å². The van der Waals surface area contributed by atoms with Crippen LogP contribution in [-0.4, -0.2) is 41.6 Å². The number of amides is 2. The van der Waals surface area contributed by atoms with Crippen molar-refractivity contribution in [2.45, 2.75) is 31.7 Å². The molecule has 2 amide bonds. The zero-order chi connectivity index (χ0) is 23.4. The number of benzene rings is 2. The third-order valence-electron chi connectivity index (χ3n) is 5.46. The first-order chi connectivity index (χ1) is 16.0. The highest BCUT2D eigenvalue weighted by molar-refractivity contribution is 6.34. The lowest BCUT2D eigenvalue weighted by Gasteiger charge is -2.13. The minimum atomic E-state index is -0.310. The number of methoxy groups -OCH3 is 1. The number of nitrogens with zero attached hydrogens (tertiary/aromatic N) is 2. The van der Waals surface area contributed by atoms with Gasteiger partial charge in [-0.2, -0.15) is 0 Å². The van der Waals surface area contributed by atoms with Crippen LogP contribution in [0.5, 0.6) is 0 Å². The summed E-state index contributed by atoms with van der Waals surface area (Å²) in [7, 11) is 1.55. The monoisotopic (exact) mass is 468 g/mol. The van der Waals surface area contributed by atoms with Gasteiger partial charge in [0.25, 0.3) is 11.5 Å². The highest BCUT2D eigenvalue weighted by Crippen LogP contribution is 2.35. The van der Waals surface area contributed by atoms with Gasteiger partial charge in [0.15, 0.2) is 0 Å². The van der Waals surface area contributed by atoms with Gasteiger partial charge in [-0.15, -0.1) is 0 Å². The molecule has 1 aromatic heterocycles. The van der Waals surface area contributed by atoms with Crippen molar-refractivity contribution in [2.24, 2.45) is 0 Å². The normalized spacial score (nSPS) is 13.2. The van der Waals surface area contributed by atoms with E-state index in [0.717, 1.165) is 12.8 Å². The largest absolute Gasteiger partial charge is 0.383 e. The maximum atomic E-state index is 12.9. The van der Waals surface area contributed by atoms with Gasteiger partial charge in [0.2, 0.25) is 5.91 Å². The van der Waals surface area contributed by atoms with Crippen LogP contribution in [0.2, 0.25) is 5.02 Å². The third kappa shape index (κ3) is 5.40. The van der Waals surface area contributed by atoms with Crippen LogP contribution in [0.4, 0.5) is 5.69 Å². The highest BCUT2D eigenvalue weighted by atomic mass is 35.5. The number of nitrogens with one attached hydrogen (secondary N) is 2. The van der Waals surface area contributed by atoms with E-state index in [1.807, 2.05) is 18.2 Å². The number of carbonyl (C=O) groups is 2. The fourth-order valence-electron chi connectivity index (χ4n) is 3.67. The molecule has 0 aliphatic heterocycles. The first-order valence-electron chi connectivity index (χ1n) is 10.8. The van der Waals surface area contributed by atoms with E-state index in [1.165, 1.54) is 0 Å². The Morgan fingerprint density at radius 2 is 2.00 bits per heavy atom. The van der Waals surface area contributed by atoms with Gasteiger partial charge in [-0.05, 0) is 43.2 Å². The molecule has 0 saturated heterocycles. The smallest absolute Gasteiger partial charge is 0.261 e. The summed E-state index contributed by atoms with van der Waals surface area (Å²) < 4.78 is 6.65. The molecule has 0 bridgehead atoms. The van der Waals surface area contributed by atoms with Gasteiger partial charge in [0, 0.05) is 38.2 Å². The molecule has 1 heterocycles. The lowest BCUT2D eigenvalue weighted by Crippen LogP contribution is -2.27. The highest BCUT2D eigenvalue weighted by Gasteiger charge is 2.28. The molecule has 1 aliphatic rings. The number of aromatic nitrogens is 2. The summed E-state index contributed by atoms with van der Waals surface area (Å²) in [6, 6.07) is 12.2. The van der Waals surface area contributed by atoms with Gasteiger partial charge in [-0.1, -0.05) is 23.7 Å². The summed E-state index contributed by atoms with van der Waals surface area (Å²) in [5, 5.41) is 6.34. The van der Waals surface area contributed by atoms with Crippen molar-refractivity contribution in [3.63, 3.8) is 0 Å². The molecule has 172 valence electrons. The second-order valence-electron chi connectivity index (χ2n) is 7.94. The van der Waals surface area contributed by atoms with Crippen molar-refractivity contribution in [1.29, 1.82) is 0 Å². The molecule has 2 N–H and O–H groups in total. The Kier molecular flexibility index (Phi) is 7.05. The number of para-hydroxylation sites is 1. The Hall–Kier alpha value is -3.23. The molecular formula is C24H25ClN4O4. The number of ether oxygens (including phenoxy) is 1. The average Bonchev–Trinajstić information content (AvgIpc) is 3.63. The van der Waals surface area contributed by atoms with Crippen LogP contribution in [0.25, 0.3) is 10.9 Å². The zero-order valence-electron chi connectivity index (χ0n) is 18.3. The number of aryl methyl sites for hydroxylation is 1. The molecule has 4 rings (SSSR count). The molecule has 1 aliphatic carbocycles. The number of fused-ring (bicyclic) bond motifs is 1. The fraction of sp³-hybridized carbons (Fsp3) is 0.333. The van der Waals surface area contributed by atoms with E-state index in [0.29, 0.717) is 47.6 Å². The van der Waals surface area contributed by atoms with E-state index in [9.17, 15) is 14.4 Å². The molecule has 1 fully saturated rings. The second kappa shape index (κ2) is 10.1. The standard InChI is InChI=1S/C24H25ClN4O4/c1-33-13-12-26-23(31)17-9-6-15(14-19(17)25)27-22(30)11-10-21-28-20-5-3-2-4-18(20)24(32)29(21)16-7-8-16/h2-6,9,14,16H,7-8,10-13H2,1H3,(H,26,31)(H,27,30). The van der Waals surface area contributed by atoms with Crippen LogP contribution in [0.1, 0.15) is 41.5 Å². The molecule has 0 atom stereocenters. The Balaban J connectivity index is 1.42. The Morgan fingerprint density at radius 3 is 2.73 bits per heavy atom.